The number of morpholine rings is 1. The molecule has 0 radical (unpaired) electrons. The lowest BCUT2D eigenvalue weighted by atomic mass is 10.3. The van der Waals surface area contributed by atoms with Crippen molar-refractivity contribution < 1.29 is 6.16 Å². The predicted octanol–water partition coefficient (Wildman–Crippen LogP) is 0.976. The van der Waals surface area contributed by atoms with E-state index in [0.29, 0.717) is 0 Å². The summed E-state index contributed by atoms with van der Waals surface area (Å²) in [6.45, 7) is 12.4. The van der Waals surface area contributed by atoms with Crippen molar-refractivity contribution in [2.45, 2.75) is 6.42 Å². The van der Waals surface area contributed by atoms with E-state index >= 15 is 0 Å². The van der Waals surface area contributed by atoms with Crippen LogP contribution in [0, 0.1) is 0 Å². The van der Waals surface area contributed by atoms with Gasteiger partial charge in [-0.3, -0.25) is 4.90 Å². The molecule has 0 unspecified atom stereocenters. The molecule has 0 aromatic carbocycles. The molecule has 0 atom stereocenters. The van der Waals surface area contributed by atoms with Gasteiger partial charge in [0.2, 0.25) is 0 Å². The summed E-state index contributed by atoms with van der Waals surface area (Å²) in [6, 6.07) is 0. The normalized spacial score (nSPS) is 17.6. The summed E-state index contributed by atoms with van der Waals surface area (Å²) in [7, 11) is 2.00. The molecule has 1 rings (SSSR count). The van der Waals surface area contributed by atoms with Gasteiger partial charge in [-0.05, 0) is 26.6 Å². The van der Waals surface area contributed by atoms with Crippen LogP contribution in [0.5, 0.6) is 0 Å². The van der Waals surface area contributed by atoms with Crippen LogP contribution in [0.1, 0.15) is 7.85 Å². The van der Waals surface area contributed by atoms with E-state index in [-0.39, 0.29) is 1.43 Å². The van der Waals surface area contributed by atoms with E-state index in [9.17, 15) is 0 Å². The molecule has 0 bridgehead atoms. The number of hydrogen-bond acceptors (Lipinski definition) is 3. The zero-order valence-electron chi connectivity index (χ0n) is 8.72. The number of nitrogens with one attached hydrogen (secondary N) is 1. The molecular formula is C10H24N2O. The van der Waals surface area contributed by atoms with Crippen LogP contribution >= 0.6 is 0 Å². The van der Waals surface area contributed by atoms with E-state index in [2.05, 4.69) is 23.4 Å². The second kappa shape index (κ2) is 9.71. The zero-order valence-corrected chi connectivity index (χ0v) is 8.72. The molecule has 0 amide bonds. The van der Waals surface area contributed by atoms with Gasteiger partial charge in [-0.2, -0.15) is 0 Å². The van der Waals surface area contributed by atoms with Crippen LogP contribution in [0.3, 0.4) is 0 Å². The minimum Gasteiger partial charge on any atom is -0.379 e. The molecule has 0 spiro atoms. The first-order chi connectivity index (χ1) is 6.43. The summed E-state index contributed by atoms with van der Waals surface area (Å²) < 4.78 is 5.25. The van der Waals surface area contributed by atoms with Gasteiger partial charge in [0.25, 0.3) is 0 Å². The van der Waals surface area contributed by atoms with E-state index in [1.54, 1.807) is 0 Å². The van der Waals surface area contributed by atoms with Crippen molar-refractivity contribution in [2.75, 3.05) is 46.4 Å². The predicted molar refractivity (Wildman–Crippen MR) is 59.2 cm³/mol. The number of ether oxygens (including phenoxy) is 1. The molecule has 1 saturated heterocycles. The summed E-state index contributed by atoms with van der Waals surface area (Å²) in [5.74, 6) is 0. The third kappa shape index (κ3) is 6.75. The molecule has 3 heteroatoms. The Bertz CT molecular complexity index is 108. The minimum atomic E-state index is 0. The average Bonchev–Trinajstić information content (AvgIpc) is 2.23. The van der Waals surface area contributed by atoms with E-state index in [1.807, 2.05) is 7.05 Å². The molecule has 0 aromatic rings. The fourth-order valence-electron chi connectivity index (χ4n) is 1.30. The van der Waals surface area contributed by atoms with Gasteiger partial charge in [0, 0.05) is 14.5 Å². The monoisotopic (exact) mass is 188 g/mol. The maximum atomic E-state index is 5.25. The Morgan fingerprint density at radius 2 is 2.00 bits per heavy atom. The Hall–Kier alpha value is -0.380. The molecule has 0 aromatic heterocycles. The Balaban J connectivity index is 0. The summed E-state index contributed by atoms with van der Waals surface area (Å²) in [6.07, 6.45) is 1.25. The Kier molecular flexibility index (Phi) is 9.42. The van der Waals surface area contributed by atoms with E-state index in [0.717, 1.165) is 32.8 Å². The van der Waals surface area contributed by atoms with Crippen LogP contribution in [0.15, 0.2) is 13.2 Å². The highest BCUT2D eigenvalue weighted by atomic mass is 16.5. The quantitative estimate of drug-likeness (QED) is 0.526. The number of rotatable bonds is 4. The van der Waals surface area contributed by atoms with Crippen LogP contribution in [0.25, 0.3) is 0 Å². The SMILES string of the molecule is C=C.CNCCCN1CCOCC1.[HH]. The van der Waals surface area contributed by atoms with Crippen molar-refractivity contribution in [3.63, 3.8) is 0 Å². The lowest BCUT2D eigenvalue weighted by Crippen LogP contribution is -2.37. The molecule has 3 nitrogen and oxygen atoms in total. The molecule has 0 saturated carbocycles. The van der Waals surface area contributed by atoms with Crippen molar-refractivity contribution in [3.8, 4) is 0 Å². The lowest BCUT2D eigenvalue weighted by Gasteiger charge is -2.26. The molecular weight excluding hydrogens is 164 g/mol. The fourth-order valence-corrected chi connectivity index (χ4v) is 1.30. The van der Waals surface area contributed by atoms with E-state index < -0.39 is 0 Å². The van der Waals surface area contributed by atoms with Crippen molar-refractivity contribution in [3.05, 3.63) is 13.2 Å². The van der Waals surface area contributed by atoms with Gasteiger partial charge in [0.1, 0.15) is 0 Å². The topological polar surface area (TPSA) is 24.5 Å². The maximum absolute atomic E-state index is 5.25. The fraction of sp³-hybridized carbons (Fsp3) is 0.800. The lowest BCUT2D eigenvalue weighted by molar-refractivity contribution is 0.0375. The van der Waals surface area contributed by atoms with E-state index in [1.165, 1.54) is 13.0 Å². The first kappa shape index (κ1) is 12.6. The molecule has 1 fully saturated rings. The van der Waals surface area contributed by atoms with Crippen molar-refractivity contribution in [1.29, 1.82) is 0 Å². The maximum Gasteiger partial charge on any atom is 0.0594 e. The Morgan fingerprint density at radius 1 is 1.38 bits per heavy atom. The van der Waals surface area contributed by atoms with Crippen LogP contribution in [0.2, 0.25) is 0 Å². The van der Waals surface area contributed by atoms with Gasteiger partial charge in [-0.15, -0.1) is 13.2 Å². The second-order valence-corrected chi connectivity index (χ2v) is 2.91. The number of nitrogens with zero attached hydrogens (tertiary/aromatic N) is 1. The zero-order chi connectivity index (χ0) is 9.94. The van der Waals surface area contributed by atoms with Crippen molar-refractivity contribution >= 4 is 0 Å². The van der Waals surface area contributed by atoms with Crippen LogP contribution < -0.4 is 5.32 Å². The molecule has 13 heavy (non-hydrogen) atoms. The summed E-state index contributed by atoms with van der Waals surface area (Å²) in [4.78, 5) is 2.46. The molecule has 1 aliphatic heterocycles. The Morgan fingerprint density at radius 3 is 2.54 bits per heavy atom. The highest BCUT2D eigenvalue weighted by Crippen LogP contribution is 1.96. The van der Waals surface area contributed by atoms with Gasteiger partial charge < -0.3 is 10.1 Å². The summed E-state index contributed by atoms with van der Waals surface area (Å²) in [5, 5.41) is 3.15. The largest absolute Gasteiger partial charge is 0.379 e. The van der Waals surface area contributed by atoms with Crippen molar-refractivity contribution in [2.24, 2.45) is 0 Å². The van der Waals surface area contributed by atoms with Gasteiger partial charge in [-0.25, -0.2) is 0 Å². The van der Waals surface area contributed by atoms with Gasteiger partial charge in [0.15, 0.2) is 0 Å². The standard InChI is InChI=1S/C8H18N2O.C2H4.H2/c1-9-3-2-4-10-5-7-11-8-6-10;1-2;/h9H,2-8H2,1H3;1-2H2;1H. The first-order valence-corrected chi connectivity index (χ1v) is 4.88. The smallest absolute Gasteiger partial charge is 0.0594 e. The third-order valence-electron chi connectivity index (χ3n) is 2.00. The Labute approximate surface area is 83.2 Å². The highest BCUT2D eigenvalue weighted by molar-refractivity contribution is 4.61. The first-order valence-electron chi connectivity index (χ1n) is 4.88. The average molecular weight is 188 g/mol. The van der Waals surface area contributed by atoms with Crippen molar-refractivity contribution in [1.82, 2.24) is 10.2 Å². The molecule has 1 aliphatic rings. The summed E-state index contributed by atoms with van der Waals surface area (Å²) in [5.41, 5.74) is 0. The second-order valence-electron chi connectivity index (χ2n) is 2.91. The van der Waals surface area contributed by atoms with Gasteiger partial charge in [-0.1, -0.05) is 0 Å². The van der Waals surface area contributed by atoms with E-state index in [4.69, 9.17) is 4.74 Å². The van der Waals surface area contributed by atoms with Gasteiger partial charge >= 0.3 is 0 Å². The molecule has 1 N–H and O–H groups in total. The number of hydrogen-bond donors (Lipinski definition) is 1. The molecule has 0 aliphatic carbocycles. The summed E-state index contributed by atoms with van der Waals surface area (Å²) >= 11 is 0. The minimum absolute atomic E-state index is 0. The van der Waals surface area contributed by atoms with Crippen LogP contribution in [-0.2, 0) is 4.74 Å². The third-order valence-corrected chi connectivity index (χ3v) is 2.00. The van der Waals surface area contributed by atoms with Gasteiger partial charge in [0.05, 0.1) is 13.2 Å². The highest BCUT2D eigenvalue weighted by Gasteiger charge is 2.08. The molecule has 80 valence electrons. The van der Waals surface area contributed by atoms with Crippen LogP contribution in [-0.4, -0.2) is 51.3 Å². The van der Waals surface area contributed by atoms with Crippen LogP contribution in [0.4, 0.5) is 0 Å². The molecule has 1 heterocycles.